The minimum Gasteiger partial charge on any atom is -0.142 e. The quantitative estimate of drug-likeness (QED) is 0.440. The molecule has 0 bridgehead atoms. The Hall–Kier alpha value is -0.0800. The lowest BCUT2D eigenvalue weighted by Gasteiger charge is -1.79. The van der Waals surface area contributed by atoms with Crippen molar-refractivity contribution in [3.8, 4) is 0 Å². The molecule has 0 aliphatic heterocycles. The second kappa shape index (κ2) is 8.92. The fourth-order valence-corrected chi connectivity index (χ4v) is 0.213. The first-order chi connectivity index (χ1) is 4.63. The van der Waals surface area contributed by atoms with Crippen LogP contribution in [0.5, 0.6) is 0 Å². The van der Waals surface area contributed by atoms with E-state index in [0.717, 1.165) is 0 Å². The topological polar surface area (TPSA) is 24.7 Å². The minimum atomic E-state index is 0.380. The van der Waals surface area contributed by atoms with Crippen molar-refractivity contribution in [1.29, 1.82) is 0 Å². The van der Waals surface area contributed by atoms with Crippen LogP contribution in [0.15, 0.2) is 10.2 Å². The van der Waals surface area contributed by atoms with Crippen molar-refractivity contribution in [3.05, 3.63) is 0 Å². The maximum Gasteiger partial charge on any atom is 0.125 e. The molecule has 2 nitrogen and oxygen atoms in total. The molecule has 0 aliphatic carbocycles. The predicted octanol–water partition coefficient (Wildman–Crippen LogP) is 3.24. The van der Waals surface area contributed by atoms with Gasteiger partial charge in [0.05, 0.1) is 0 Å². The summed E-state index contributed by atoms with van der Waals surface area (Å²) in [5.41, 5.74) is 0. The molecule has 0 amide bonds. The maximum atomic E-state index is 5.31. The van der Waals surface area contributed by atoms with E-state index in [-0.39, 0.29) is 0 Å². The first-order valence-electron chi connectivity index (χ1n) is 3.03. The van der Waals surface area contributed by atoms with Crippen LogP contribution in [0.3, 0.4) is 0 Å². The van der Waals surface area contributed by atoms with E-state index in [9.17, 15) is 0 Å². The van der Waals surface area contributed by atoms with Gasteiger partial charge >= 0.3 is 0 Å². The van der Waals surface area contributed by atoms with E-state index in [2.05, 4.69) is 10.2 Å². The molecule has 0 spiro atoms. The van der Waals surface area contributed by atoms with Crippen molar-refractivity contribution >= 4 is 33.5 Å². The highest BCUT2D eigenvalue weighted by Crippen LogP contribution is 1.88. The monoisotopic (exact) mass is 182 g/mol. The number of halogens is 2. The molecule has 0 saturated carbocycles. The molecule has 0 rings (SSSR count). The Balaban J connectivity index is 0. The summed E-state index contributed by atoms with van der Waals surface area (Å²) in [6.07, 6.45) is 0. The number of hydrogen-bond donors (Lipinski definition) is 0. The van der Waals surface area contributed by atoms with Gasteiger partial charge in [-0.3, -0.25) is 0 Å². The van der Waals surface area contributed by atoms with Crippen molar-refractivity contribution < 1.29 is 0 Å². The lowest BCUT2D eigenvalue weighted by Crippen LogP contribution is -1.75. The van der Waals surface area contributed by atoms with Crippen molar-refractivity contribution in [1.82, 2.24) is 0 Å². The third-order valence-corrected chi connectivity index (χ3v) is 0.477. The third-order valence-electron chi connectivity index (χ3n) is 0.326. The number of rotatable bonds is 1. The third kappa shape index (κ3) is 15.7. The molecule has 0 saturated heterocycles. The predicted molar refractivity (Wildman–Crippen MR) is 49.3 cm³/mol. The van der Waals surface area contributed by atoms with Gasteiger partial charge in [-0.15, -0.1) is 10.2 Å². The molecule has 60 valence electrons. The van der Waals surface area contributed by atoms with Gasteiger partial charge < -0.3 is 0 Å². The highest BCUT2D eigenvalue weighted by molar-refractivity contribution is 6.66. The summed E-state index contributed by atoms with van der Waals surface area (Å²) in [6.45, 7) is 7.26. The SMILES string of the molecule is C/C(Cl)=N\N=C(/C)Cl.CC. The van der Waals surface area contributed by atoms with Crippen molar-refractivity contribution in [2.45, 2.75) is 27.7 Å². The van der Waals surface area contributed by atoms with E-state index in [1.807, 2.05) is 13.8 Å². The zero-order valence-electron chi connectivity index (χ0n) is 6.65. The van der Waals surface area contributed by atoms with Gasteiger partial charge in [-0.25, -0.2) is 0 Å². The van der Waals surface area contributed by atoms with Crippen LogP contribution in [0.1, 0.15) is 27.7 Å². The molecule has 0 N–H and O–H groups in total. The summed E-state index contributed by atoms with van der Waals surface area (Å²) in [5.74, 6) is 0. The molecule has 0 heterocycles. The van der Waals surface area contributed by atoms with Crippen LogP contribution < -0.4 is 0 Å². The zero-order chi connectivity index (χ0) is 8.57. The van der Waals surface area contributed by atoms with Gasteiger partial charge in [0.2, 0.25) is 0 Å². The van der Waals surface area contributed by atoms with E-state index in [0.29, 0.717) is 10.3 Å². The highest BCUT2D eigenvalue weighted by atomic mass is 35.5. The summed E-state index contributed by atoms with van der Waals surface area (Å²) in [4.78, 5) is 0. The summed E-state index contributed by atoms with van der Waals surface area (Å²) < 4.78 is 0. The smallest absolute Gasteiger partial charge is 0.125 e. The van der Waals surface area contributed by atoms with E-state index in [4.69, 9.17) is 23.2 Å². The van der Waals surface area contributed by atoms with Crippen LogP contribution in [0.4, 0.5) is 0 Å². The van der Waals surface area contributed by atoms with E-state index in [1.54, 1.807) is 13.8 Å². The van der Waals surface area contributed by atoms with Crippen molar-refractivity contribution in [2.24, 2.45) is 10.2 Å². The fraction of sp³-hybridized carbons (Fsp3) is 0.667. The average molecular weight is 183 g/mol. The molecular formula is C6H12Cl2N2. The summed E-state index contributed by atoms with van der Waals surface area (Å²) in [7, 11) is 0. The summed E-state index contributed by atoms with van der Waals surface area (Å²) in [6, 6.07) is 0. The normalized spacial score (nSPS) is 12.2. The number of nitrogens with zero attached hydrogens (tertiary/aromatic N) is 2. The van der Waals surface area contributed by atoms with E-state index in [1.165, 1.54) is 0 Å². The molecule has 0 atom stereocenters. The van der Waals surface area contributed by atoms with Crippen LogP contribution in [-0.4, -0.2) is 10.3 Å². The summed E-state index contributed by atoms with van der Waals surface area (Å²) >= 11 is 10.6. The molecule has 4 heteroatoms. The largest absolute Gasteiger partial charge is 0.142 e. The van der Waals surface area contributed by atoms with E-state index >= 15 is 0 Å². The second-order valence-electron chi connectivity index (χ2n) is 1.19. The lowest BCUT2D eigenvalue weighted by atomic mass is 10.9. The van der Waals surface area contributed by atoms with Gasteiger partial charge in [0, 0.05) is 0 Å². The Morgan fingerprint density at radius 2 is 1.10 bits per heavy atom. The maximum absolute atomic E-state index is 5.31. The Morgan fingerprint density at radius 1 is 0.900 bits per heavy atom. The van der Waals surface area contributed by atoms with Gasteiger partial charge in [-0.1, -0.05) is 37.0 Å². The van der Waals surface area contributed by atoms with Gasteiger partial charge in [0.15, 0.2) is 0 Å². The Kier molecular flexibility index (Phi) is 11.2. The first kappa shape index (κ1) is 12.6. The lowest BCUT2D eigenvalue weighted by molar-refractivity contribution is 1.25. The molecule has 0 aromatic heterocycles. The zero-order valence-corrected chi connectivity index (χ0v) is 8.16. The Morgan fingerprint density at radius 3 is 1.20 bits per heavy atom. The molecule has 0 unspecified atom stereocenters. The Bertz CT molecular complexity index is 106. The van der Waals surface area contributed by atoms with Crippen LogP contribution in [-0.2, 0) is 0 Å². The van der Waals surface area contributed by atoms with Crippen LogP contribution in [0.25, 0.3) is 0 Å². The van der Waals surface area contributed by atoms with Gasteiger partial charge in [-0.2, -0.15) is 0 Å². The minimum absolute atomic E-state index is 0.380. The van der Waals surface area contributed by atoms with E-state index < -0.39 is 0 Å². The molecule has 0 aromatic rings. The van der Waals surface area contributed by atoms with Crippen molar-refractivity contribution in [2.75, 3.05) is 0 Å². The van der Waals surface area contributed by atoms with Crippen molar-refractivity contribution in [3.63, 3.8) is 0 Å². The van der Waals surface area contributed by atoms with Crippen LogP contribution in [0.2, 0.25) is 0 Å². The van der Waals surface area contributed by atoms with Gasteiger partial charge in [0.1, 0.15) is 10.3 Å². The molecule has 0 aromatic carbocycles. The standard InChI is InChI=1S/C4H6Cl2N2.C2H6/c1-3(5)7-8-4(2)6;1-2/h1-2H3;1-2H3/b7-3+,8-4+;. The summed E-state index contributed by atoms with van der Waals surface area (Å²) in [5, 5.41) is 7.68. The Labute approximate surface area is 71.9 Å². The average Bonchev–Trinajstić information content (AvgIpc) is 1.89. The molecule has 0 aliphatic rings. The molecular weight excluding hydrogens is 171 g/mol. The first-order valence-corrected chi connectivity index (χ1v) is 3.78. The fourth-order valence-electron chi connectivity index (χ4n) is 0.138. The highest BCUT2D eigenvalue weighted by Gasteiger charge is 1.78. The molecule has 0 fully saturated rings. The molecule has 10 heavy (non-hydrogen) atoms. The second-order valence-corrected chi connectivity index (χ2v) is 2.29. The number of hydrogen-bond acceptors (Lipinski definition) is 2. The van der Waals surface area contributed by atoms with Gasteiger partial charge in [-0.05, 0) is 13.8 Å². The van der Waals surface area contributed by atoms with Gasteiger partial charge in [0.25, 0.3) is 0 Å². The molecule has 0 radical (unpaired) electrons. The van der Waals surface area contributed by atoms with Crippen LogP contribution >= 0.6 is 23.2 Å². The van der Waals surface area contributed by atoms with Crippen LogP contribution in [0, 0.1) is 0 Å².